The summed E-state index contributed by atoms with van der Waals surface area (Å²) in [5.74, 6) is 1.63. The van der Waals surface area contributed by atoms with Crippen LogP contribution in [0.15, 0.2) is 24.3 Å². The molecular weight excluding hydrogens is 312 g/mol. The standard InChI is InChI=1S/C21H30N2O2/c24-21(17-8-9-17)22-18-10-12-23(13-11-18)15-16-4-3-7-20(14-16)25-19-5-1-2-6-19/h3-4,7,14,17-19H,1-2,5-6,8-13,15H2,(H,22,24). The fourth-order valence-corrected chi connectivity index (χ4v) is 4.07. The third-order valence-corrected chi connectivity index (χ3v) is 5.79. The van der Waals surface area contributed by atoms with Crippen molar-refractivity contribution in [3.8, 4) is 5.75 Å². The van der Waals surface area contributed by atoms with Gasteiger partial charge in [-0.15, -0.1) is 0 Å². The van der Waals surface area contributed by atoms with Gasteiger partial charge in [-0.2, -0.15) is 0 Å². The van der Waals surface area contributed by atoms with Crippen LogP contribution >= 0.6 is 0 Å². The van der Waals surface area contributed by atoms with Gasteiger partial charge in [-0.3, -0.25) is 9.69 Å². The molecule has 3 aliphatic rings. The smallest absolute Gasteiger partial charge is 0.223 e. The van der Waals surface area contributed by atoms with Crippen molar-refractivity contribution < 1.29 is 9.53 Å². The molecule has 0 bridgehead atoms. The molecule has 1 aromatic rings. The lowest BCUT2D eigenvalue weighted by molar-refractivity contribution is -0.123. The largest absolute Gasteiger partial charge is 0.490 e. The Morgan fingerprint density at radius 2 is 1.84 bits per heavy atom. The van der Waals surface area contributed by atoms with E-state index < -0.39 is 0 Å². The quantitative estimate of drug-likeness (QED) is 0.860. The fraction of sp³-hybridized carbons (Fsp3) is 0.667. The van der Waals surface area contributed by atoms with E-state index in [1.54, 1.807) is 0 Å². The maximum absolute atomic E-state index is 11.9. The first kappa shape index (κ1) is 16.9. The highest BCUT2D eigenvalue weighted by molar-refractivity contribution is 5.81. The summed E-state index contributed by atoms with van der Waals surface area (Å²) in [5.41, 5.74) is 1.33. The molecule has 0 atom stereocenters. The van der Waals surface area contributed by atoms with Gasteiger partial charge >= 0.3 is 0 Å². The van der Waals surface area contributed by atoms with Crippen molar-refractivity contribution in [2.24, 2.45) is 5.92 Å². The van der Waals surface area contributed by atoms with Gasteiger partial charge in [0.15, 0.2) is 0 Å². The number of hydrogen-bond acceptors (Lipinski definition) is 3. The Labute approximate surface area is 150 Å². The van der Waals surface area contributed by atoms with Crippen molar-refractivity contribution in [1.29, 1.82) is 0 Å². The minimum absolute atomic E-state index is 0.287. The summed E-state index contributed by atoms with van der Waals surface area (Å²) in [5, 5.41) is 3.23. The number of benzene rings is 1. The summed E-state index contributed by atoms with van der Waals surface area (Å²) < 4.78 is 6.13. The second kappa shape index (κ2) is 7.77. The summed E-state index contributed by atoms with van der Waals surface area (Å²) in [6.07, 6.45) is 9.73. The number of amides is 1. The lowest BCUT2D eigenvalue weighted by Gasteiger charge is -2.32. The highest BCUT2D eigenvalue weighted by atomic mass is 16.5. The van der Waals surface area contributed by atoms with E-state index in [0.717, 1.165) is 51.1 Å². The van der Waals surface area contributed by atoms with Crippen LogP contribution < -0.4 is 10.1 Å². The van der Waals surface area contributed by atoms with E-state index in [2.05, 4.69) is 34.5 Å². The molecule has 0 aromatic heterocycles. The Kier molecular flexibility index (Phi) is 5.25. The van der Waals surface area contributed by atoms with Crippen LogP contribution in [0.1, 0.15) is 56.9 Å². The van der Waals surface area contributed by atoms with E-state index in [4.69, 9.17) is 4.74 Å². The Morgan fingerprint density at radius 1 is 1.08 bits per heavy atom. The second-order valence-electron chi connectivity index (χ2n) is 8.01. The minimum atomic E-state index is 0.287. The molecule has 4 heteroatoms. The van der Waals surface area contributed by atoms with Gasteiger partial charge in [0, 0.05) is 31.6 Å². The predicted molar refractivity (Wildman–Crippen MR) is 98.5 cm³/mol. The van der Waals surface area contributed by atoms with Gasteiger partial charge in [-0.25, -0.2) is 0 Å². The van der Waals surface area contributed by atoms with Gasteiger partial charge in [0.05, 0.1) is 6.10 Å². The number of ether oxygens (including phenoxy) is 1. The maximum atomic E-state index is 11.9. The Balaban J connectivity index is 1.24. The second-order valence-corrected chi connectivity index (χ2v) is 8.01. The van der Waals surface area contributed by atoms with Crippen LogP contribution in [0.25, 0.3) is 0 Å². The average Bonchev–Trinajstić information content (AvgIpc) is 3.35. The van der Waals surface area contributed by atoms with Crippen molar-refractivity contribution in [3.63, 3.8) is 0 Å². The predicted octanol–water partition coefficient (Wildman–Crippen LogP) is 3.50. The number of carbonyl (C=O) groups is 1. The van der Waals surface area contributed by atoms with Crippen LogP contribution in [0.2, 0.25) is 0 Å². The third kappa shape index (κ3) is 4.75. The van der Waals surface area contributed by atoms with Crippen molar-refractivity contribution in [2.75, 3.05) is 13.1 Å². The first-order chi connectivity index (χ1) is 12.3. The maximum Gasteiger partial charge on any atom is 0.223 e. The van der Waals surface area contributed by atoms with Gasteiger partial charge in [0.25, 0.3) is 0 Å². The molecule has 1 amide bonds. The van der Waals surface area contributed by atoms with E-state index >= 15 is 0 Å². The number of piperidine rings is 1. The molecule has 4 rings (SSSR count). The first-order valence-electron chi connectivity index (χ1n) is 10.0. The Morgan fingerprint density at radius 3 is 2.56 bits per heavy atom. The summed E-state index contributed by atoms with van der Waals surface area (Å²) >= 11 is 0. The topological polar surface area (TPSA) is 41.6 Å². The zero-order valence-electron chi connectivity index (χ0n) is 15.1. The number of nitrogens with one attached hydrogen (secondary N) is 1. The van der Waals surface area contributed by atoms with E-state index in [9.17, 15) is 4.79 Å². The molecule has 1 heterocycles. The summed E-state index contributed by atoms with van der Waals surface area (Å²) in [6.45, 7) is 3.10. The number of rotatable bonds is 6. The third-order valence-electron chi connectivity index (χ3n) is 5.79. The van der Waals surface area contributed by atoms with Gasteiger partial charge in [0.2, 0.25) is 5.91 Å². The van der Waals surface area contributed by atoms with Crippen molar-refractivity contribution in [1.82, 2.24) is 10.2 Å². The normalized spacial score (nSPS) is 22.9. The first-order valence-corrected chi connectivity index (χ1v) is 10.0. The lowest BCUT2D eigenvalue weighted by Crippen LogP contribution is -2.44. The zero-order chi connectivity index (χ0) is 17.1. The lowest BCUT2D eigenvalue weighted by atomic mass is 10.0. The van der Waals surface area contributed by atoms with E-state index in [0.29, 0.717) is 18.1 Å². The van der Waals surface area contributed by atoms with Gasteiger partial charge in [0.1, 0.15) is 5.75 Å². The fourth-order valence-electron chi connectivity index (χ4n) is 4.07. The van der Waals surface area contributed by atoms with Gasteiger partial charge < -0.3 is 10.1 Å². The molecule has 25 heavy (non-hydrogen) atoms. The number of hydrogen-bond donors (Lipinski definition) is 1. The molecule has 4 nitrogen and oxygen atoms in total. The molecule has 2 saturated carbocycles. The number of likely N-dealkylation sites (tertiary alicyclic amines) is 1. The Hall–Kier alpha value is -1.55. The van der Waals surface area contributed by atoms with Gasteiger partial charge in [-0.05, 0) is 69.1 Å². The molecule has 1 saturated heterocycles. The summed E-state index contributed by atoms with van der Waals surface area (Å²) in [7, 11) is 0. The molecule has 136 valence electrons. The van der Waals surface area contributed by atoms with Crippen LogP contribution in [-0.4, -0.2) is 36.0 Å². The summed E-state index contributed by atoms with van der Waals surface area (Å²) in [6, 6.07) is 8.98. The molecule has 1 aliphatic heterocycles. The van der Waals surface area contributed by atoms with Crippen LogP contribution in [-0.2, 0) is 11.3 Å². The van der Waals surface area contributed by atoms with Crippen molar-refractivity contribution >= 4 is 5.91 Å². The SMILES string of the molecule is O=C(NC1CCN(Cc2cccc(OC3CCCC3)c2)CC1)C1CC1. The molecule has 1 aromatic carbocycles. The molecular formula is C21H30N2O2. The Bertz CT molecular complexity index is 585. The molecule has 1 N–H and O–H groups in total. The molecule has 0 unspecified atom stereocenters. The highest BCUT2D eigenvalue weighted by Gasteiger charge is 2.31. The van der Waals surface area contributed by atoms with Crippen LogP contribution in [0.5, 0.6) is 5.75 Å². The van der Waals surface area contributed by atoms with Crippen LogP contribution in [0.4, 0.5) is 0 Å². The van der Waals surface area contributed by atoms with Crippen molar-refractivity contribution in [2.45, 2.75) is 70.1 Å². The highest BCUT2D eigenvalue weighted by Crippen LogP contribution is 2.29. The van der Waals surface area contributed by atoms with Gasteiger partial charge in [-0.1, -0.05) is 12.1 Å². The van der Waals surface area contributed by atoms with Crippen LogP contribution in [0.3, 0.4) is 0 Å². The number of nitrogens with zero attached hydrogens (tertiary/aromatic N) is 1. The molecule has 0 spiro atoms. The van der Waals surface area contributed by atoms with Crippen LogP contribution in [0, 0.1) is 5.92 Å². The molecule has 2 aliphatic carbocycles. The van der Waals surface area contributed by atoms with E-state index in [1.807, 2.05) is 0 Å². The summed E-state index contributed by atoms with van der Waals surface area (Å²) in [4.78, 5) is 14.4. The monoisotopic (exact) mass is 342 g/mol. The molecule has 3 fully saturated rings. The number of carbonyl (C=O) groups excluding carboxylic acids is 1. The van der Waals surface area contributed by atoms with E-state index in [1.165, 1.54) is 31.2 Å². The van der Waals surface area contributed by atoms with E-state index in [-0.39, 0.29) is 5.91 Å². The van der Waals surface area contributed by atoms with Crippen molar-refractivity contribution in [3.05, 3.63) is 29.8 Å². The minimum Gasteiger partial charge on any atom is -0.490 e. The average molecular weight is 342 g/mol. The zero-order valence-corrected chi connectivity index (χ0v) is 15.1. The molecule has 0 radical (unpaired) electrons.